The highest BCUT2D eigenvalue weighted by atomic mass is 16.2. The molecular weight excluding hydrogens is 340 g/mol. The Morgan fingerprint density at radius 3 is 2.89 bits per heavy atom. The summed E-state index contributed by atoms with van der Waals surface area (Å²) in [6.45, 7) is 10.2. The van der Waals surface area contributed by atoms with E-state index in [9.17, 15) is 4.79 Å². The highest BCUT2D eigenvalue weighted by molar-refractivity contribution is 5.88. The lowest BCUT2D eigenvalue weighted by molar-refractivity contribution is -0.145. The van der Waals surface area contributed by atoms with Crippen LogP contribution in [0, 0.1) is 0 Å². The van der Waals surface area contributed by atoms with Gasteiger partial charge in [-0.25, -0.2) is 4.98 Å². The standard InChI is InChI=1S/C20H30N6O/c1-14(2)26-17(27)12-25(13-20(26,3)4)19(21-5)23-10-8-15-11-24-18-16(15)7-6-9-22-18/h6-7,9,11,14H,8,10,12-13H2,1-5H3,(H,21,23)(H,22,24). The van der Waals surface area contributed by atoms with Gasteiger partial charge in [-0.2, -0.15) is 0 Å². The summed E-state index contributed by atoms with van der Waals surface area (Å²) in [5.74, 6) is 0.921. The van der Waals surface area contributed by atoms with Crippen LogP contribution in [0.4, 0.5) is 0 Å². The minimum absolute atomic E-state index is 0.145. The van der Waals surface area contributed by atoms with E-state index in [4.69, 9.17) is 0 Å². The number of hydrogen-bond acceptors (Lipinski definition) is 3. The number of aromatic nitrogens is 2. The molecule has 0 spiro atoms. The van der Waals surface area contributed by atoms with E-state index in [0.29, 0.717) is 6.54 Å². The second kappa shape index (κ2) is 7.58. The first kappa shape index (κ1) is 19.2. The first-order valence-electron chi connectivity index (χ1n) is 9.52. The minimum atomic E-state index is -0.233. The molecule has 7 nitrogen and oxygen atoms in total. The Hall–Kier alpha value is -2.57. The summed E-state index contributed by atoms with van der Waals surface area (Å²) >= 11 is 0. The van der Waals surface area contributed by atoms with Crippen molar-refractivity contribution < 1.29 is 4.79 Å². The molecule has 1 saturated heterocycles. The normalized spacial score (nSPS) is 17.9. The third-order valence-electron chi connectivity index (χ3n) is 5.07. The van der Waals surface area contributed by atoms with E-state index in [0.717, 1.165) is 36.5 Å². The number of aromatic amines is 1. The molecule has 0 atom stereocenters. The van der Waals surface area contributed by atoms with E-state index < -0.39 is 0 Å². The summed E-state index contributed by atoms with van der Waals surface area (Å²) in [6, 6.07) is 4.23. The zero-order valence-corrected chi connectivity index (χ0v) is 16.9. The van der Waals surface area contributed by atoms with Gasteiger partial charge < -0.3 is 20.1 Å². The maximum absolute atomic E-state index is 12.7. The van der Waals surface area contributed by atoms with Crippen molar-refractivity contribution in [1.82, 2.24) is 25.1 Å². The zero-order valence-electron chi connectivity index (χ0n) is 16.9. The average molecular weight is 371 g/mol. The van der Waals surface area contributed by atoms with Gasteiger partial charge >= 0.3 is 0 Å². The Bertz CT molecular complexity index is 838. The van der Waals surface area contributed by atoms with Crippen molar-refractivity contribution >= 4 is 22.9 Å². The lowest BCUT2D eigenvalue weighted by atomic mass is 9.96. The monoisotopic (exact) mass is 370 g/mol. The Labute approximate surface area is 160 Å². The number of piperazine rings is 1. The summed E-state index contributed by atoms with van der Waals surface area (Å²) < 4.78 is 0. The molecule has 2 aromatic rings. The lowest BCUT2D eigenvalue weighted by Crippen LogP contribution is -2.66. The number of rotatable bonds is 4. The van der Waals surface area contributed by atoms with Gasteiger partial charge in [0, 0.05) is 44.0 Å². The van der Waals surface area contributed by atoms with Gasteiger partial charge in [0.25, 0.3) is 0 Å². The molecule has 1 amide bonds. The Kier molecular flexibility index (Phi) is 5.39. The fourth-order valence-corrected chi connectivity index (χ4v) is 4.17. The minimum Gasteiger partial charge on any atom is -0.356 e. The molecule has 3 rings (SSSR count). The quantitative estimate of drug-likeness (QED) is 0.638. The Morgan fingerprint density at radius 2 is 2.22 bits per heavy atom. The third kappa shape index (κ3) is 3.91. The van der Waals surface area contributed by atoms with E-state index in [1.165, 1.54) is 5.56 Å². The number of hydrogen-bond donors (Lipinski definition) is 2. The van der Waals surface area contributed by atoms with E-state index in [-0.39, 0.29) is 17.5 Å². The largest absolute Gasteiger partial charge is 0.356 e. The van der Waals surface area contributed by atoms with Gasteiger partial charge in [-0.05, 0) is 51.8 Å². The van der Waals surface area contributed by atoms with Crippen molar-refractivity contribution in [3.8, 4) is 0 Å². The van der Waals surface area contributed by atoms with Crippen LogP contribution in [0.15, 0.2) is 29.5 Å². The number of aliphatic imine (C=N–C) groups is 1. The van der Waals surface area contributed by atoms with Crippen molar-refractivity contribution in [3.05, 3.63) is 30.1 Å². The van der Waals surface area contributed by atoms with Crippen LogP contribution in [0.25, 0.3) is 11.0 Å². The van der Waals surface area contributed by atoms with Crippen molar-refractivity contribution in [1.29, 1.82) is 0 Å². The van der Waals surface area contributed by atoms with Crippen molar-refractivity contribution in [2.24, 2.45) is 4.99 Å². The third-order valence-corrected chi connectivity index (χ3v) is 5.07. The van der Waals surface area contributed by atoms with Gasteiger partial charge in [-0.15, -0.1) is 0 Å². The van der Waals surface area contributed by atoms with Crippen LogP contribution in [0.2, 0.25) is 0 Å². The molecule has 2 aromatic heterocycles. The van der Waals surface area contributed by atoms with Gasteiger partial charge in [0.2, 0.25) is 5.91 Å². The first-order valence-corrected chi connectivity index (χ1v) is 9.52. The summed E-state index contributed by atoms with van der Waals surface area (Å²) in [4.78, 5) is 28.7. The average Bonchev–Trinajstić information content (AvgIpc) is 3.00. The van der Waals surface area contributed by atoms with Gasteiger partial charge in [-0.1, -0.05) is 0 Å². The number of fused-ring (bicyclic) bond motifs is 1. The summed E-state index contributed by atoms with van der Waals surface area (Å²) in [7, 11) is 1.77. The number of carbonyl (C=O) groups is 1. The lowest BCUT2D eigenvalue weighted by Gasteiger charge is -2.49. The molecule has 146 valence electrons. The van der Waals surface area contributed by atoms with E-state index >= 15 is 0 Å². The van der Waals surface area contributed by atoms with Crippen molar-refractivity contribution in [3.63, 3.8) is 0 Å². The van der Waals surface area contributed by atoms with Gasteiger partial charge in [-0.3, -0.25) is 9.79 Å². The first-order chi connectivity index (χ1) is 12.8. The maximum atomic E-state index is 12.7. The topological polar surface area (TPSA) is 76.6 Å². The molecule has 0 radical (unpaired) electrons. The number of nitrogens with zero attached hydrogens (tertiary/aromatic N) is 4. The Morgan fingerprint density at radius 1 is 1.44 bits per heavy atom. The van der Waals surface area contributed by atoms with Gasteiger partial charge in [0.05, 0.1) is 12.1 Å². The summed E-state index contributed by atoms with van der Waals surface area (Å²) in [6.07, 6.45) is 4.66. The second-order valence-corrected chi connectivity index (χ2v) is 7.96. The number of carbonyl (C=O) groups excluding carboxylic acids is 1. The number of nitrogens with one attached hydrogen (secondary N) is 2. The van der Waals surface area contributed by atoms with Crippen molar-refractivity contribution in [2.75, 3.05) is 26.7 Å². The van der Waals surface area contributed by atoms with E-state index in [1.54, 1.807) is 13.2 Å². The number of H-pyrrole nitrogens is 1. The van der Waals surface area contributed by atoms with Crippen molar-refractivity contribution in [2.45, 2.75) is 45.7 Å². The molecule has 0 unspecified atom stereocenters. The predicted molar refractivity (Wildman–Crippen MR) is 109 cm³/mol. The highest BCUT2D eigenvalue weighted by Gasteiger charge is 2.40. The highest BCUT2D eigenvalue weighted by Crippen LogP contribution is 2.24. The van der Waals surface area contributed by atoms with Crippen LogP contribution in [0.1, 0.15) is 33.3 Å². The fourth-order valence-electron chi connectivity index (χ4n) is 4.17. The Balaban J connectivity index is 1.63. The molecule has 2 N–H and O–H groups in total. The molecule has 1 fully saturated rings. The molecule has 7 heteroatoms. The number of pyridine rings is 1. The van der Waals surface area contributed by atoms with E-state index in [2.05, 4.69) is 58.9 Å². The molecule has 0 aliphatic carbocycles. The molecule has 1 aliphatic rings. The molecule has 0 saturated carbocycles. The zero-order chi connectivity index (χ0) is 19.6. The molecule has 0 bridgehead atoms. The molecule has 0 aromatic carbocycles. The van der Waals surface area contributed by atoms with Crippen LogP contribution in [0.3, 0.4) is 0 Å². The molecule has 27 heavy (non-hydrogen) atoms. The van der Waals surface area contributed by atoms with E-state index in [1.807, 2.05) is 17.2 Å². The maximum Gasteiger partial charge on any atom is 0.242 e. The van der Waals surface area contributed by atoms with Gasteiger partial charge in [0.1, 0.15) is 5.65 Å². The SMILES string of the molecule is CN=C(NCCc1c[nH]c2ncccc12)N1CC(=O)N(C(C)C)C(C)(C)C1. The molecule has 1 aliphatic heterocycles. The molecular formula is C20H30N6O. The fraction of sp³-hybridized carbons (Fsp3) is 0.550. The number of guanidine groups is 1. The second-order valence-electron chi connectivity index (χ2n) is 7.96. The van der Waals surface area contributed by atoms with Crippen LogP contribution in [-0.2, 0) is 11.2 Å². The predicted octanol–water partition coefficient (Wildman–Crippen LogP) is 2.01. The van der Waals surface area contributed by atoms with Crippen LogP contribution in [0.5, 0.6) is 0 Å². The van der Waals surface area contributed by atoms with Crippen LogP contribution >= 0.6 is 0 Å². The van der Waals surface area contributed by atoms with Crippen LogP contribution < -0.4 is 5.32 Å². The van der Waals surface area contributed by atoms with Gasteiger partial charge in [0.15, 0.2) is 5.96 Å². The van der Waals surface area contributed by atoms with Crippen LogP contribution in [-0.4, -0.2) is 69.9 Å². The summed E-state index contributed by atoms with van der Waals surface area (Å²) in [5, 5.41) is 4.56. The number of amides is 1. The molecule has 3 heterocycles. The summed E-state index contributed by atoms with van der Waals surface area (Å²) in [5.41, 5.74) is 1.90. The smallest absolute Gasteiger partial charge is 0.242 e.